The van der Waals surface area contributed by atoms with Gasteiger partial charge in [0.15, 0.2) is 0 Å². The summed E-state index contributed by atoms with van der Waals surface area (Å²) in [5, 5.41) is 0. The van der Waals surface area contributed by atoms with Crippen molar-refractivity contribution in [2.45, 2.75) is 51.7 Å². The summed E-state index contributed by atoms with van der Waals surface area (Å²) in [6.07, 6.45) is 4.23. The minimum absolute atomic E-state index is 0.476. The lowest BCUT2D eigenvalue weighted by Crippen LogP contribution is -2.34. The third kappa shape index (κ3) is 1.93. The van der Waals surface area contributed by atoms with Crippen LogP contribution in [-0.4, -0.2) is 10.5 Å². The zero-order valence-corrected chi connectivity index (χ0v) is 9.05. The molecule has 0 radical (unpaired) electrons. The van der Waals surface area contributed by atoms with Gasteiger partial charge < -0.3 is 0 Å². The fraction of sp³-hybridized carbons (Fsp3) is 1.00. The van der Waals surface area contributed by atoms with Crippen molar-refractivity contribution >= 4 is 11.8 Å². The van der Waals surface area contributed by atoms with Crippen LogP contribution in [0.2, 0.25) is 0 Å². The van der Waals surface area contributed by atoms with Crippen LogP contribution in [0.25, 0.3) is 0 Å². The molecule has 0 amide bonds. The Labute approximate surface area is 75.1 Å². The minimum Gasteiger partial charge on any atom is -0.155 e. The lowest BCUT2D eigenvalue weighted by molar-refractivity contribution is 0.259. The molecule has 11 heavy (non-hydrogen) atoms. The van der Waals surface area contributed by atoms with Gasteiger partial charge in [-0.15, -0.1) is 0 Å². The van der Waals surface area contributed by atoms with Crippen molar-refractivity contribution in [2.24, 2.45) is 5.41 Å². The van der Waals surface area contributed by atoms with Crippen molar-refractivity contribution < 1.29 is 0 Å². The standard InChI is InChI=1S/C10H20S/c1-9(2)7-5-6-8-11-10(9,3)4/h5-8H2,1-4H3. The first-order valence-corrected chi connectivity index (χ1v) is 5.58. The average Bonchev–Trinajstić information content (AvgIpc) is 1.94. The lowest BCUT2D eigenvalue weighted by Gasteiger charge is -2.39. The Bertz CT molecular complexity index is 120. The Balaban J connectivity index is 2.72. The van der Waals surface area contributed by atoms with E-state index in [0.717, 1.165) is 0 Å². The van der Waals surface area contributed by atoms with E-state index in [4.69, 9.17) is 0 Å². The molecule has 0 saturated carbocycles. The predicted octanol–water partition coefficient (Wildman–Crippen LogP) is 3.71. The highest BCUT2D eigenvalue weighted by Gasteiger charge is 2.37. The summed E-state index contributed by atoms with van der Waals surface area (Å²) < 4.78 is 0.476. The van der Waals surface area contributed by atoms with Crippen LogP contribution in [0.3, 0.4) is 0 Å². The van der Waals surface area contributed by atoms with Crippen molar-refractivity contribution in [1.82, 2.24) is 0 Å². The second-order valence-electron chi connectivity index (χ2n) is 4.70. The molecule has 1 rings (SSSR count). The Morgan fingerprint density at radius 3 is 2.27 bits per heavy atom. The van der Waals surface area contributed by atoms with Gasteiger partial charge in [-0.2, -0.15) is 11.8 Å². The zero-order chi connectivity index (χ0) is 8.54. The Morgan fingerprint density at radius 2 is 1.64 bits per heavy atom. The van der Waals surface area contributed by atoms with Gasteiger partial charge >= 0.3 is 0 Å². The van der Waals surface area contributed by atoms with Gasteiger partial charge in [0.2, 0.25) is 0 Å². The SMILES string of the molecule is CC1(C)CCCCSC1(C)C. The molecule has 0 aromatic rings. The van der Waals surface area contributed by atoms with E-state index >= 15 is 0 Å². The zero-order valence-electron chi connectivity index (χ0n) is 8.24. The molecule has 0 unspecified atom stereocenters. The molecule has 0 aromatic heterocycles. The Morgan fingerprint density at radius 1 is 1.00 bits per heavy atom. The quantitative estimate of drug-likeness (QED) is 0.537. The van der Waals surface area contributed by atoms with E-state index in [9.17, 15) is 0 Å². The molecule has 0 bridgehead atoms. The molecule has 1 aliphatic rings. The molecule has 1 aliphatic heterocycles. The number of hydrogen-bond donors (Lipinski definition) is 0. The van der Waals surface area contributed by atoms with Crippen LogP contribution in [0, 0.1) is 5.41 Å². The van der Waals surface area contributed by atoms with Gasteiger partial charge in [0.05, 0.1) is 0 Å². The number of thioether (sulfide) groups is 1. The summed E-state index contributed by atoms with van der Waals surface area (Å²) in [4.78, 5) is 0. The van der Waals surface area contributed by atoms with Gasteiger partial charge in [0, 0.05) is 4.75 Å². The second-order valence-corrected chi connectivity index (χ2v) is 6.42. The summed E-state index contributed by atoms with van der Waals surface area (Å²) in [6, 6.07) is 0. The van der Waals surface area contributed by atoms with Crippen LogP contribution in [0.5, 0.6) is 0 Å². The van der Waals surface area contributed by atoms with Crippen molar-refractivity contribution in [2.75, 3.05) is 5.75 Å². The fourth-order valence-electron chi connectivity index (χ4n) is 1.49. The first-order chi connectivity index (χ1) is 4.96. The molecule has 1 heterocycles. The maximum absolute atomic E-state index is 2.41. The van der Waals surface area contributed by atoms with Crippen LogP contribution in [0.15, 0.2) is 0 Å². The predicted molar refractivity (Wildman–Crippen MR) is 54.2 cm³/mol. The fourth-order valence-corrected chi connectivity index (χ4v) is 2.84. The topological polar surface area (TPSA) is 0 Å². The van der Waals surface area contributed by atoms with E-state index in [1.165, 1.54) is 25.0 Å². The molecule has 1 fully saturated rings. The smallest absolute Gasteiger partial charge is 0.0154 e. The van der Waals surface area contributed by atoms with Gasteiger partial charge in [0.1, 0.15) is 0 Å². The van der Waals surface area contributed by atoms with Crippen LogP contribution in [0.1, 0.15) is 47.0 Å². The molecule has 0 aromatic carbocycles. The van der Waals surface area contributed by atoms with E-state index in [0.29, 0.717) is 10.2 Å². The third-order valence-electron chi connectivity index (χ3n) is 3.29. The first kappa shape index (κ1) is 9.44. The van der Waals surface area contributed by atoms with Crippen LogP contribution in [0.4, 0.5) is 0 Å². The van der Waals surface area contributed by atoms with Crippen LogP contribution < -0.4 is 0 Å². The second kappa shape index (κ2) is 3.01. The summed E-state index contributed by atoms with van der Waals surface area (Å²) in [6.45, 7) is 9.60. The molecule has 0 N–H and O–H groups in total. The molecule has 0 spiro atoms. The summed E-state index contributed by atoms with van der Waals surface area (Å²) in [5.41, 5.74) is 0.522. The van der Waals surface area contributed by atoms with E-state index in [1.54, 1.807) is 0 Å². The van der Waals surface area contributed by atoms with Crippen LogP contribution in [-0.2, 0) is 0 Å². The summed E-state index contributed by atoms with van der Waals surface area (Å²) in [5.74, 6) is 1.36. The van der Waals surface area contributed by atoms with E-state index in [1.807, 2.05) is 0 Å². The number of hydrogen-bond acceptors (Lipinski definition) is 1. The summed E-state index contributed by atoms with van der Waals surface area (Å²) >= 11 is 2.15. The molecular formula is C10H20S. The minimum atomic E-state index is 0.476. The maximum atomic E-state index is 2.41. The molecule has 1 heteroatoms. The van der Waals surface area contributed by atoms with Gasteiger partial charge in [0.25, 0.3) is 0 Å². The van der Waals surface area contributed by atoms with E-state index < -0.39 is 0 Å². The maximum Gasteiger partial charge on any atom is 0.0154 e. The van der Waals surface area contributed by atoms with Crippen molar-refractivity contribution in [3.8, 4) is 0 Å². The average molecular weight is 172 g/mol. The summed E-state index contributed by atoms with van der Waals surface area (Å²) in [7, 11) is 0. The molecule has 0 atom stereocenters. The normalized spacial score (nSPS) is 29.5. The molecule has 1 saturated heterocycles. The molecule has 66 valence electrons. The van der Waals surface area contributed by atoms with Gasteiger partial charge in [-0.05, 0) is 24.0 Å². The highest BCUT2D eigenvalue weighted by atomic mass is 32.2. The van der Waals surface area contributed by atoms with Gasteiger partial charge in [-0.3, -0.25) is 0 Å². The first-order valence-electron chi connectivity index (χ1n) is 4.60. The molecule has 0 aliphatic carbocycles. The third-order valence-corrected chi connectivity index (χ3v) is 5.06. The monoisotopic (exact) mass is 172 g/mol. The Kier molecular flexibility index (Phi) is 2.58. The van der Waals surface area contributed by atoms with Crippen LogP contribution >= 0.6 is 11.8 Å². The highest BCUT2D eigenvalue weighted by molar-refractivity contribution is 8.00. The lowest BCUT2D eigenvalue weighted by atomic mass is 9.76. The molecule has 0 nitrogen and oxygen atoms in total. The van der Waals surface area contributed by atoms with Crippen molar-refractivity contribution in [1.29, 1.82) is 0 Å². The van der Waals surface area contributed by atoms with Crippen molar-refractivity contribution in [3.05, 3.63) is 0 Å². The van der Waals surface area contributed by atoms with E-state index in [2.05, 4.69) is 39.5 Å². The van der Waals surface area contributed by atoms with E-state index in [-0.39, 0.29) is 0 Å². The number of rotatable bonds is 0. The Hall–Kier alpha value is 0.350. The van der Waals surface area contributed by atoms with Gasteiger partial charge in [-0.25, -0.2) is 0 Å². The highest BCUT2D eigenvalue weighted by Crippen LogP contribution is 2.47. The molecular weight excluding hydrogens is 152 g/mol. The van der Waals surface area contributed by atoms with Crippen molar-refractivity contribution in [3.63, 3.8) is 0 Å². The van der Waals surface area contributed by atoms with Gasteiger partial charge in [-0.1, -0.05) is 34.1 Å². The largest absolute Gasteiger partial charge is 0.155 e.